The standard InChI is InChI=1S/C22H25N3O4S/c1-14(26)24-19(13-30)22(27)25-21(16-7-5-15(6-8-16)12-23-2)18-10-9-17(28-3)11-20(18)29-4/h2,5-11,19,21H,12-13H2,1,3-4H3,(H2-,24,25,26,27,30)/p+1. The monoisotopic (exact) mass is 428 g/mol. The van der Waals surface area contributed by atoms with Crippen molar-refractivity contribution < 1.29 is 19.1 Å². The van der Waals surface area contributed by atoms with Crippen molar-refractivity contribution >= 4 is 24.4 Å². The highest BCUT2D eigenvalue weighted by molar-refractivity contribution is 7.80. The summed E-state index contributed by atoms with van der Waals surface area (Å²) in [6.07, 6.45) is 0. The van der Waals surface area contributed by atoms with E-state index in [9.17, 15) is 9.59 Å². The van der Waals surface area contributed by atoms with Crippen LogP contribution in [0.5, 0.6) is 11.5 Å². The number of methoxy groups -OCH3 is 2. The molecule has 0 aliphatic carbocycles. The molecule has 0 spiro atoms. The first-order chi connectivity index (χ1) is 14.4. The molecule has 7 nitrogen and oxygen atoms in total. The molecule has 0 saturated heterocycles. The van der Waals surface area contributed by atoms with E-state index in [1.165, 1.54) is 6.92 Å². The second-order valence-corrected chi connectivity index (χ2v) is 6.93. The Labute approximate surface area is 182 Å². The van der Waals surface area contributed by atoms with Crippen LogP contribution in [0.15, 0.2) is 42.5 Å². The van der Waals surface area contributed by atoms with Crippen molar-refractivity contribution in [1.29, 1.82) is 0 Å². The zero-order chi connectivity index (χ0) is 22.1. The van der Waals surface area contributed by atoms with Gasteiger partial charge in [-0.3, -0.25) is 9.59 Å². The summed E-state index contributed by atoms with van der Waals surface area (Å²) in [6, 6.07) is 11.6. The largest absolute Gasteiger partial charge is 0.497 e. The average molecular weight is 429 g/mol. The van der Waals surface area contributed by atoms with Crippen molar-refractivity contribution in [2.75, 3.05) is 20.0 Å². The van der Waals surface area contributed by atoms with E-state index in [4.69, 9.17) is 16.0 Å². The van der Waals surface area contributed by atoms with Crippen molar-refractivity contribution in [3.8, 4) is 18.1 Å². The van der Waals surface area contributed by atoms with Crippen LogP contribution in [-0.2, 0) is 16.1 Å². The molecule has 30 heavy (non-hydrogen) atoms. The summed E-state index contributed by atoms with van der Waals surface area (Å²) in [5, 5.41) is 5.60. The third-order valence-electron chi connectivity index (χ3n) is 4.50. The summed E-state index contributed by atoms with van der Waals surface area (Å²) in [5.41, 5.74) is 2.51. The van der Waals surface area contributed by atoms with E-state index in [0.717, 1.165) is 16.7 Å². The van der Waals surface area contributed by atoms with Crippen LogP contribution in [-0.4, -0.2) is 37.8 Å². The van der Waals surface area contributed by atoms with Gasteiger partial charge in [0.05, 0.1) is 20.3 Å². The molecule has 2 unspecified atom stereocenters. The van der Waals surface area contributed by atoms with E-state index < -0.39 is 12.1 Å². The van der Waals surface area contributed by atoms with Gasteiger partial charge in [0.15, 0.2) is 0 Å². The van der Waals surface area contributed by atoms with Gasteiger partial charge in [-0.2, -0.15) is 12.6 Å². The molecular formula is C22H26N3O4S+. The quantitative estimate of drug-likeness (QED) is 0.537. The van der Waals surface area contributed by atoms with E-state index >= 15 is 0 Å². The molecule has 0 aromatic heterocycles. The minimum absolute atomic E-state index is 0.162. The van der Waals surface area contributed by atoms with Gasteiger partial charge in [-0.15, -0.1) is 0 Å². The number of rotatable bonds is 9. The lowest BCUT2D eigenvalue weighted by atomic mass is 9.96. The van der Waals surface area contributed by atoms with Crippen molar-refractivity contribution in [3.63, 3.8) is 0 Å². The molecule has 0 fully saturated rings. The molecule has 0 saturated carbocycles. The lowest BCUT2D eigenvalue weighted by molar-refractivity contribution is -0.127. The first-order valence-corrected chi connectivity index (χ1v) is 9.92. The maximum atomic E-state index is 12.9. The molecule has 0 heterocycles. The molecule has 0 aliphatic rings. The Bertz CT molecular complexity index is 925. The van der Waals surface area contributed by atoms with Crippen molar-refractivity contribution in [3.05, 3.63) is 64.0 Å². The molecule has 8 heteroatoms. The van der Waals surface area contributed by atoms with Gasteiger partial charge in [-0.25, -0.2) is 0 Å². The maximum absolute atomic E-state index is 12.9. The summed E-state index contributed by atoms with van der Waals surface area (Å²) >= 11 is 4.19. The molecule has 2 rings (SSSR count). The molecular weight excluding hydrogens is 402 g/mol. The summed E-state index contributed by atoms with van der Waals surface area (Å²) in [7, 11) is 3.12. The predicted octanol–water partition coefficient (Wildman–Crippen LogP) is 2.81. The van der Waals surface area contributed by atoms with Crippen molar-refractivity contribution in [2.24, 2.45) is 0 Å². The van der Waals surface area contributed by atoms with Crippen LogP contribution in [0.25, 0.3) is 4.85 Å². The number of carbonyl (C=O) groups is 2. The molecule has 2 N–H and O–H groups in total. The van der Waals surface area contributed by atoms with Crippen LogP contribution in [0.1, 0.15) is 29.7 Å². The fourth-order valence-electron chi connectivity index (χ4n) is 3.00. The zero-order valence-electron chi connectivity index (χ0n) is 17.2. The molecule has 0 radical (unpaired) electrons. The normalized spacial score (nSPS) is 12.2. The summed E-state index contributed by atoms with van der Waals surface area (Å²) < 4.78 is 10.8. The van der Waals surface area contributed by atoms with Crippen LogP contribution in [0.2, 0.25) is 0 Å². The molecule has 2 aromatic carbocycles. The van der Waals surface area contributed by atoms with Crippen molar-refractivity contribution in [1.82, 2.24) is 10.6 Å². The highest BCUT2D eigenvalue weighted by Gasteiger charge is 2.25. The molecule has 158 valence electrons. The number of amides is 2. The van der Waals surface area contributed by atoms with Gasteiger partial charge in [0, 0.05) is 29.9 Å². The zero-order valence-corrected chi connectivity index (χ0v) is 18.1. The first-order valence-electron chi connectivity index (χ1n) is 9.29. The Morgan fingerprint density at radius 3 is 2.33 bits per heavy atom. The SMILES string of the molecule is C#[N+]Cc1ccc(C(NC(=O)C(CS)NC(C)=O)c2ccc(OC)cc2OC)cc1. The fourth-order valence-corrected chi connectivity index (χ4v) is 3.26. The summed E-state index contributed by atoms with van der Waals surface area (Å²) in [5.74, 6) is 0.686. The summed E-state index contributed by atoms with van der Waals surface area (Å²) in [6.45, 7) is 7.02. The van der Waals surface area contributed by atoms with Crippen LogP contribution in [0, 0.1) is 6.57 Å². The van der Waals surface area contributed by atoms with Gasteiger partial charge in [0.2, 0.25) is 11.8 Å². The number of nitrogens with zero attached hydrogens (tertiary/aromatic N) is 1. The Kier molecular flexibility index (Phi) is 8.56. The van der Waals surface area contributed by atoms with E-state index in [1.54, 1.807) is 26.4 Å². The van der Waals surface area contributed by atoms with Crippen molar-refractivity contribution in [2.45, 2.75) is 25.6 Å². The van der Waals surface area contributed by atoms with Gasteiger partial charge >= 0.3 is 0 Å². The highest BCUT2D eigenvalue weighted by atomic mass is 32.1. The number of ether oxygens (including phenoxy) is 2. The minimum atomic E-state index is -0.770. The number of benzene rings is 2. The number of hydrogen-bond acceptors (Lipinski definition) is 5. The van der Waals surface area contributed by atoms with Crippen LogP contribution < -0.4 is 20.1 Å². The Morgan fingerprint density at radius 2 is 1.80 bits per heavy atom. The van der Waals surface area contributed by atoms with Gasteiger partial charge in [-0.05, 0) is 17.7 Å². The van der Waals surface area contributed by atoms with E-state index in [1.807, 2.05) is 30.3 Å². The average Bonchev–Trinajstić information content (AvgIpc) is 2.76. The number of thiol groups is 1. The maximum Gasteiger partial charge on any atom is 0.288 e. The third kappa shape index (κ3) is 5.91. The van der Waals surface area contributed by atoms with Gasteiger partial charge < -0.3 is 20.1 Å². The van der Waals surface area contributed by atoms with E-state index in [0.29, 0.717) is 18.0 Å². The highest BCUT2D eigenvalue weighted by Crippen LogP contribution is 2.33. The Hall–Kier alpha value is -3.18. The van der Waals surface area contributed by atoms with Gasteiger partial charge in [0.25, 0.3) is 13.1 Å². The topological polar surface area (TPSA) is 81.0 Å². The number of nitrogens with one attached hydrogen (secondary N) is 2. The molecule has 2 atom stereocenters. The fraction of sp³-hybridized carbons (Fsp3) is 0.318. The van der Waals surface area contributed by atoms with Crippen LogP contribution in [0.3, 0.4) is 0 Å². The smallest absolute Gasteiger partial charge is 0.288 e. The van der Waals surface area contributed by atoms with E-state index in [2.05, 4.69) is 28.1 Å². The minimum Gasteiger partial charge on any atom is -0.497 e. The first kappa shape index (κ1) is 23.1. The predicted molar refractivity (Wildman–Crippen MR) is 119 cm³/mol. The lowest BCUT2D eigenvalue weighted by Crippen LogP contribution is -2.48. The number of carbonyl (C=O) groups excluding carboxylic acids is 2. The molecule has 2 amide bonds. The summed E-state index contributed by atoms with van der Waals surface area (Å²) in [4.78, 5) is 28.0. The molecule has 0 aliphatic heterocycles. The Morgan fingerprint density at radius 1 is 1.10 bits per heavy atom. The third-order valence-corrected chi connectivity index (χ3v) is 4.87. The lowest BCUT2D eigenvalue weighted by Gasteiger charge is -2.25. The van der Waals surface area contributed by atoms with Crippen LogP contribution >= 0.6 is 12.6 Å². The second-order valence-electron chi connectivity index (χ2n) is 6.57. The van der Waals surface area contributed by atoms with Gasteiger partial charge in [0.1, 0.15) is 17.5 Å². The Balaban J connectivity index is 2.46. The molecule has 2 aromatic rings. The van der Waals surface area contributed by atoms with E-state index in [-0.39, 0.29) is 17.6 Å². The van der Waals surface area contributed by atoms with Gasteiger partial charge in [-0.1, -0.05) is 29.1 Å². The number of hydrogen-bond donors (Lipinski definition) is 3. The molecule has 0 bridgehead atoms. The second kappa shape index (κ2) is 11.1. The van der Waals surface area contributed by atoms with Crippen LogP contribution in [0.4, 0.5) is 0 Å².